The Morgan fingerprint density at radius 3 is 2.29 bits per heavy atom. The highest BCUT2D eigenvalue weighted by molar-refractivity contribution is 7.89. The minimum Gasteiger partial charge on any atom is -0.330 e. The predicted molar refractivity (Wildman–Crippen MR) is 85.4 cm³/mol. The molecule has 1 aromatic carbocycles. The molecule has 0 radical (unpaired) electrons. The molecule has 0 saturated carbocycles. The zero-order chi connectivity index (χ0) is 15.1. The first-order valence-corrected chi connectivity index (χ1v) is 9.17. The lowest BCUT2D eigenvalue weighted by atomic mass is 10.2. The molecule has 0 unspecified atom stereocenters. The van der Waals surface area contributed by atoms with Crippen molar-refractivity contribution < 1.29 is 8.42 Å². The Kier molecular flexibility index (Phi) is 6.17. The third-order valence-electron chi connectivity index (χ3n) is 3.83. The first-order chi connectivity index (χ1) is 10.1. The first-order valence-electron chi connectivity index (χ1n) is 7.56. The van der Waals surface area contributed by atoms with Crippen LogP contribution in [0.3, 0.4) is 0 Å². The normalized spacial score (nSPS) is 18.0. The number of benzene rings is 1. The molecule has 1 heterocycles. The van der Waals surface area contributed by atoms with Gasteiger partial charge in [-0.25, -0.2) is 8.42 Å². The summed E-state index contributed by atoms with van der Waals surface area (Å²) in [5, 5.41) is 0. The van der Waals surface area contributed by atoms with Gasteiger partial charge in [0.25, 0.3) is 0 Å². The molecular weight excluding hydrogens is 286 g/mol. The van der Waals surface area contributed by atoms with E-state index in [1.165, 1.54) is 5.56 Å². The van der Waals surface area contributed by atoms with E-state index in [1.807, 2.05) is 18.2 Å². The zero-order valence-electron chi connectivity index (χ0n) is 12.4. The van der Waals surface area contributed by atoms with E-state index >= 15 is 0 Å². The number of hydrogen-bond donors (Lipinski definition) is 1. The molecule has 0 aromatic heterocycles. The van der Waals surface area contributed by atoms with Crippen LogP contribution in [0.4, 0.5) is 0 Å². The van der Waals surface area contributed by atoms with Gasteiger partial charge in [0.05, 0.1) is 5.75 Å². The fraction of sp³-hybridized carbons (Fsp3) is 0.600. The minimum atomic E-state index is -3.10. The highest BCUT2D eigenvalue weighted by Gasteiger charge is 2.26. The second-order valence-electron chi connectivity index (χ2n) is 5.47. The summed E-state index contributed by atoms with van der Waals surface area (Å²) in [7, 11) is -3.10. The number of sulfonamides is 1. The van der Waals surface area contributed by atoms with Gasteiger partial charge >= 0.3 is 0 Å². The maximum absolute atomic E-state index is 12.2. The summed E-state index contributed by atoms with van der Waals surface area (Å²) in [4.78, 5) is 2.31. The maximum atomic E-state index is 12.2. The summed E-state index contributed by atoms with van der Waals surface area (Å²) in [6.07, 6.45) is 1.43. The molecule has 0 atom stereocenters. The third kappa shape index (κ3) is 5.07. The molecule has 0 spiro atoms. The highest BCUT2D eigenvalue weighted by Crippen LogP contribution is 2.12. The van der Waals surface area contributed by atoms with Gasteiger partial charge in [-0.3, -0.25) is 4.90 Å². The van der Waals surface area contributed by atoms with Crippen LogP contribution in [0, 0.1) is 0 Å². The van der Waals surface area contributed by atoms with E-state index in [-0.39, 0.29) is 5.75 Å². The summed E-state index contributed by atoms with van der Waals surface area (Å²) in [5.74, 6) is 0.225. The molecule has 1 fully saturated rings. The van der Waals surface area contributed by atoms with Crippen molar-refractivity contribution in [2.75, 3.05) is 38.5 Å². The Morgan fingerprint density at radius 1 is 1.00 bits per heavy atom. The summed E-state index contributed by atoms with van der Waals surface area (Å²) in [6, 6.07) is 10.3. The fourth-order valence-electron chi connectivity index (χ4n) is 2.57. The first kappa shape index (κ1) is 16.4. The number of nitrogens with two attached hydrogens (primary N) is 1. The molecule has 21 heavy (non-hydrogen) atoms. The Hall–Kier alpha value is -0.950. The van der Waals surface area contributed by atoms with Gasteiger partial charge in [-0.1, -0.05) is 30.3 Å². The zero-order valence-corrected chi connectivity index (χ0v) is 13.3. The number of nitrogens with zero attached hydrogens (tertiary/aromatic N) is 2. The van der Waals surface area contributed by atoms with Crippen LogP contribution in [0.15, 0.2) is 30.3 Å². The third-order valence-corrected chi connectivity index (χ3v) is 5.79. The van der Waals surface area contributed by atoms with Crippen LogP contribution >= 0.6 is 0 Å². The monoisotopic (exact) mass is 311 g/mol. The quantitative estimate of drug-likeness (QED) is 0.759. The van der Waals surface area contributed by atoms with Crippen molar-refractivity contribution in [2.24, 2.45) is 5.73 Å². The summed E-state index contributed by atoms with van der Waals surface area (Å²) in [6.45, 7) is 4.23. The predicted octanol–water partition coefficient (Wildman–Crippen LogP) is 0.873. The van der Waals surface area contributed by atoms with Crippen molar-refractivity contribution in [3.63, 3.8) is 0 Å². The molecule has 1 aromatic rings. The molecule has 0 aliphatic carbocycles. The van der Waals surface area contributed by atoms with E-state index in [9.17, 15) is 8.42 Å². The molecule has 1 saturated heterocycles. The Morgan fingerprint density at radius 2 is 1.67 bits per heavy atom. The van der Waals surface area contributed by atoms with Crippen molar-refractivity contribution in [1.82, 2.24) is 9.21 Å². The van der Waals surface area contributed by atoms with E-state index in [2.05, 4.69) is 17.0 Å². The molecule has 118 valence electrons. The van der Waals surface area contributed by atoms with Crippen molar-refractivity contribution in [3.8, 4) is 0 Å². The number of piperazine rings is 1. The minimum absolute atomic E-state index is 0.225. The van der Waals surface area contributed by atoms with E-state index in [0.717, 1.165) is 26.1 Å². The van der Waals surface area contributed by atoms with Gasteiger partial charge in [-0.05, 0) is 24.9 Å². The van der Waals surface area contributed by atoms with Crippen LogP contribution in [0.1, 0.15) is 18.4 Å². The fourth-order valence-corrected chi connectivity index (χ4v) is 4.11. The summed E-state index contributed by atoms with van der Waals surface area (Å²) in [5.41, 5.74) is 6.69. The van der Waals surface area contributed by atoms with Crippen LogP contribution in [0.2, 0.25) is 0 Å². The summed E-state index contributed by atoms with van der Waals surface area (Å²) < 4.78 is 26.0. The Bertz CT molecular complexity index is 511. The second kappa shape index (κ2) is 7.89. The molecule has 5 nitrogen and oxygen atoms in total. The Labute approximate surface area is 127 Å². The van der Waals surface area contributed by atoms with Crippen LogP contribution in [0.25, 0.3) is 0 Å². The van der Waals surface area contributed by atoms with E-state index in [1.54, 1.807) is 4.31 Å². The maximum Gasteiger partial charge on any atom is 0.214 e. The van der Waals surface area contributed by atoms with Crippen molar-refractivity contribution >= 4 is 10.0 Å². The molecule has 1 aliphatic rings. The molecular formula is C15H25N3O2S. The molecule has 1 aliphatic heterocycles. The van der Waals surface area contributed by atoms with Gasteiger partial charge < -0.3 is 5.73 Å². The number of rotatable bonds is 7. The van der Waals surface area contributed by atoms with Crippen LogP contribution in [0.5, 0.6) is 0 Å². The largest absolute Gasteiger partial charge is 0.330 e. The molecule has 0 amide bonds. The average molecular weight is 311 g/mol. The highest BCUT2D eigenvalue weighted by atomic mass is 32.2. The van der Waals surface area contributed by atoms with Crippen LogP contribution in [-0.2, 0) is 16.6 Å². The second-order valence-corrected chi connectivity index (χ2v) is 7.56. The molecule has 2 N–H and O–H groups in total. The SMILES string of the molecule is NCCCCS(=O)(=O)N1CCN(Cc2ccccc2)CC1. The van der Waals surface area contributed by atoms with Gasteiger partial charge in [0.15, 0.2) is 0 Å². The van der Waals surface area contributed by atoms with E-state index in [0.29, 0.717) is 26.1 Å². The topological polar surface area (TPSA) is 66.6 Å². The Balaban J connectivity index is 1.80. The average Bonchev–Trinajstić information content (AvgIpc) is 2.49. The summed E-state index contributed by atoms with van der Waals surface area (Å²) >= 11 is 0. The van der Waals surface area contributed by atoms with Crippen molar-refractivity contribution in [1.29, 1.82) is 0 Å². The van der Waals surface area contributed by atoms with E-state index < -0.39 is 10.0 Å². The lowest BCUT2D eigenvalue weighted by Crippen LogP contribution is -2.48. The van der Waals surface area contributed by atoms with Crippen LogP contribution < -0.4 is 5.73 Å². The molecule has 6 heteroatoms. The standard InChI is InChI=1S/C15H25N3O2S/c16-8-4-5-13-21(19,20)18-11-9-17(10-12-18)14-15-6-2-1-3-7-15/h1-3,6-7H,4-5,8-14,16H2. The smallest absolute Gasteiger partial charge is 0.214 e. The van der Waals surface area contributed by atoms with Crippen molar-refractivity contribution in [2.45, 2.75) is 19.4 Å². The van der Waals surface area contributed by atoms with Gasteiger partial charge in [0.1, 0.15) is 0 Å². The number of hydrogen-bond acceptors (Lipinski definition) is 4. The molecule has 2 rings (SSSR count). The van der Waals surface area contributed by atoms with Crippen LogP contribution in [-0.4, -0.2) is 56.1 Å². The van der Waals surface area contributed by atoms with E-state index in [4.69, 9.17) is 5.73 Å². The lowest BCUT2D eigenvalue weighted by molar-refractivity contribution is 0.181. The van der Waals surface area contributed by atoms with Gasteiger partial charge in [0.2, 0.25) is 10.0 Å². The van der Waals surface area contributed by atoms with Gasteiger partial charge in [-0.2, -0.15) is 4.31 Å². The van der Waals surface area contributed by atoms with Crippen molar-refractivity contribution in [3.05, 3.63) is 35.9 Å². The lowest BCUT2D eigenvalue weighted by Gasteiger charge is -2.34. The molecule has 0 bridgehead atoms. The van der Waals surface area contributed by atoms with Gasteiger partial charge in [-0.15, -0.1) is 0 Å². The van der Waals surface area contributed by atoms with Gasteiger partial charge in [0, 0.05) is 32.7 Å². The number of unbranched alkanes of at least 4 members (excludes halogenated alkanes) is 1.